The molecule has 0 aliphatic heterocycles. The van der Waals surface area contributed by atoms with Gasteiger partial charge < -0.3 is 17.3 Å². The lowest BCUT2D eigenvalue weighted by molar-refractivity contribution is 0.136. The third-order valence-corrected chi connectivity index (χ3v) is 8.13. The number of sulfonamides is 1. The molecule has 0 spiro atoms. The minimum Gasteiger partial charge on any atom is -0.418 e. The average molecular weight is 584 g/mol. The Morgan fingerprint density at radius 3 is 1.59 bits per heavy atom. The van der Waals surface area contributed by atoms with E-state index >= 15 is 0 Å². The van der Waals surface area contributed by atoms with Crippen LogP contribution in [-0.4, -0.2) is 26.7 Å². The van der Waals surface area contributed by atoms with E-state index in [1.165, 1.54) is 57.4 Å². The third kappa shape index (κ3) is 19.1. The smallest absolute Gasteiger partial charge is 0.418 e. The van der Waals surface area contributed by atoms with Gasteiger partial charge in [-0.3, -0.25) is 0 Å². The molecule has 0 aromatic heterocycles. The summed E-state index contributed by atoms with van der Waals surface area (Å²) >= 11 is 0. The van der Waals surface area contributed by atoms with Crippen molar-refractivity contribution < 1.29 is 30.2 Å². The lowest BCUT2D eigenvalue weighted by Crippen LogP contribution is -2.25. The number of hydrogen-bond acceptors (Lipinski definition) is 3. The number of nitrogens with zero attached hydrogens (tertiary/aromatic N) is 3. The first kappa shape index (κ1) is 37.3. The topological polar surface area (TPSA) is 65.5 Å². The largest absolute Gasteiger partial charge is 0.673 e. The lowest BCUT2D eigenvalue weighted by Gasteiger charge is -2.14. The molecule has 5 nitrogen and oxygen atoms in total. The number of hydrogen-bond donors (Lipinski definition) is 0. The standard InChI is InChI=1S/C27H47FN3O2S.BF4/c1-3-5-7-9-11-12-13-14-15-16-18-21-25-22-20-23-26(30-29)27(25)34(32,33)31(28)24-19-17-10-8-6-4-2;2-1(3,4)5/h20,22-23H,3-19,21,24H2,1-2H3;/q+1;-1. The van der Waals surface area contributed by atoms with Crippen LogP contribution in [0.3, 0.4) is 0 Å². The van der Waals surface area contributed by atoms with Crippen molar-refractivity contribution in [1.29, 1.82) is 5.39 Å². The van der Waals surface area contributed by atoms with Gasteiger partial charge in [0.1, 0.15) is 0 Å². The molecule has 39 heavy (non-hydrogen) atoms. The molecule has 0 saturated heterocycles. The van der Waals surface area contributed by atoms with Crippen LogP contribution in [-0.2, 0) is 16.4 Å². The number of benzene rings is 1. The fourth-order valence-corrected chi connectivity index (χ4v) is 5.80. The molecule has 0 fully saturated rings. The Balaban J connectivity index is 0.00000263. The maximum absolute atomic E-state index is 14.7. The van der Waals surface area contributed by atoms with E-state index in [0.29, 0.717) is 18.4 Å². The number of unbranched alkanes of at least 4 members (excludes halogenated alkanes) is 15. The summed E-state index contributed by atoms with van der Waals surface area (Å²) < 4.78 is 79.6. The van der Waals surface area contributed by atoms with E-state index in [-0.39, 0.29) is 21.7 Å². The highest BCUT2D eigenvalue weighted by molar-refractivity contribution is 7.89. The molecule has 1 aromatic carbocycles. The molecule has 12 heteroatoms. The zero-order valence-corrected chi connectivity index (χ0v) is 24.5. The SMILES string of the molecule is CCCCCCCCCCCCCc1cccc([N+]#N)c1S(=O)(=O)N(F)CCCCCCCC.F[B-](F)(F)F. The van der Waals surface area contributed by atoms with E-state index in [4.69, 9.17) is 0 Å². The highest BCUT2D eigenvalue weighted by Gasteiger charge is 2.35. The van der Waals surface area contributed by atoms with Crippen LogP contribution in [0.2, 0.25) is 0 Å². The van der Waals surface area contributed by atoms with E-state index < -0.39 is 17.3 Å². The zero-order chi connectivity index (χ0) is 29.6. The van der Waals surface area contributed by atoms with Crippen molar-refractivity contribution in [3.63, 3.8) is 0 Å². The predicted molar refractivity (Wildman–Crippen MR) is 150 cm³/mol. The highest BCUT2D eigenvalue weighted by Crippen LogP contribution is 2.32. The van der Waals surface area contributed by atoms with Gasteiger partial charge in [0.2, 0.25) is 5.39 Å². The molecule has 0 heterocycles. The van der Waals surface area contributed by atoms with Crippen LogP contribution >= 0.6 is 0 Å². The van der Waals surface area contributed by atoms with E-state index in [1.807, 2.05) is 0 Å². The summed E-state index contributed by atoms with van der Waals surface area (Å²) in [7, 11) is -10.4. The van der Waals surface area contributed by atoms with Gasteiger partial charge in [-0.25, -0.2) is 8.42 Å². The summed E-state index contributed by atoms with van der Waals surface area (Å²) in [5.41, 5.74) is 0.433. The summed E-state index contributed by atoms with van der Waals surface area (Å²) in [6.45, 7) is 4.19. The van der Waals surface area contributed by atoms with E-state index in [1.54, 1.807) is 12.1 Å². The fraction of sp³-hybridized carbons (Fsp3) is 0.778. The molecule has 0 aliphatic rings. The van der Waals surface area contributed by atoms with E-state index in [9.17, 15) is 35.6 Å². The van der Waals surface area contributed by atoms with Crippen LogP contribution in [0.4, 0.5) is 27.4 Å². The first-order valence-electron chi connectivity index (χ1n) is 14.5. The Hall–Kier alpha value is -1.74. The van der Waals surface area contributed by atoms with Gasteiger partial charge >= 0.3 is 12.9 Å². The fourth-order valence-electron chi connectivity index (χ4n) is 4.36. The molecule has 0 bridgehead atoms. The lowest BCUT2D eigenvalue weighted by atomic mass is 10.0. The van der Waals surface area contributed by atoms with Crippen LogP contribution in [0.15, 0.2) is 23.1 Å². The molecule has 0 amide bonds. The molecular weight excluding hydrogens is 536 g/mol. The molecule has 1 rings (SSSR count). The summed E-state index contributed by atoms with van der Waals surface area (Å²) in [4.78, 5) is 2.95. The third-order valence-electron chi connectivity index (χ3n) is 6.44. The monoisotopic (exact) mass is 583 g/mol. The second-order valence-corrected chi connectivity index (χ2v) is 11.7. The van der Waals surface area contributed by atoms with Crippen molar-refractivity contribution in [2.45, 2.75) is 134 Å². The van der Waals surface area contributed by atoms with Crippen molar-refractivity contribution in [2.24, 2.45) is 0 Å². The van der Waals surface area contributed by atoms with Crippen LogP contribution < -0.4 is 0 Å². The molecule has 1 aromatic rings. The minimum absolute atomic E-state index is 0.0686. The maximum Gasteiger partial charge on any atom is 0.673 e. The van der Waals surface area contributed by atoms with Gasteiger partial charge in [0.15, 0.2) is 9.87 Å². The van der Waals surface area contributed by atoms with Gasteiger partial charge in [0, 0.05) is 12.6 Å². The summed E-state index contributed by atoms with van der Waals surface area (Å²) in [5, 5.41) is 9.36. The van der Waals surface area contributed by atoms with E-state index in [2.05, 4.69) is 18.8 Å². The molecule has 0 N–H and O–H groups in total. The first-order chi connectivity index (χ1) is 18.5. The van der Waals surface area contributed by atoms with Crippen LogP contribution in [0.1, 0.15) is 129 Å². The number of rotatable bonds is 21. The Kier molecular flexibility index (Phi) is 21.0. The molecule has 0 radical (unpaired) electrons. The van der Waals surface area contributed by atoms with Gasteiger partial charge in [-0.15, -0.1) is 4.48 Å². The Bertz CT molecular complexity index is 906. The van der Waals surface area contributed by atoms with Crippen LogP contribution in [0.25, 0.3) is 4.98 Å². The highest BCUT2D eigenvalue weighted by atomic mass is 32.2. The van der Waals surface area contributed by atoms with Crippen molar-refractivity contribution in [3.8, 4) is 0 Å². The molecular formula is C27H47BF5N3O2S. The zero-order valence-electron chi connectivity index (χ0n) is 23.7. The molecule has 0 unspecified atom stereocenters. The number of halogens is 5. The van der Waals surface area contributed by atoms with Crippen molar-refractivity contribution in [2.75, 3.05) is 6.54 Å². The molecule has 0 saturated carbocycles. The number of aryl methyl sites for hydroxylation is 1. The summed E-state index contributed by atoms with van der Waals surface area (Å²) in [6, 6.07) is 4.78. The van der Waals surface area contributed by atoms with Crippen LogP contribution in [0, 0.1) is 5.39 Å². The Morgan fingerprint density at radius 2 is 1.15 bits per heavy atom. The van der Waals surface area contributed by atoms with Gasteiger partial charge in [-0.1, -0.05) is 122 Å². The van der Waals surface area contributed by atoms with Crippen molar-refractivity contribution in [3.05, 3.63) is 28.7 Å². The van der Waals surface area contributed by atoms with Gasteiger partial charge in [-0.05, 0) is 29.4 Å². The van der Waals surface area contributed by atoms with Gasteiger partial charge in [0.05, 0.1) is 0 Å². The second-order valence-electron chi connectivity index (χ2n) is 9.93. The second kappa shape index (κ2) is 22.0. The van der Waals surface area contributed by atoms with E-state index in [0.717, 1.165) is 51.4 Å². The van der Waals surface area contributed by atoms with Gasteiger partial charge in [0.25, 0.3) is 10.0 Å². The quantitative estimate of drug-likeness (QED) is 0.0475. The first-order valence-corrected chi connectivity index (χ1v) is 16.0. The summed E-state index contributed by atoms with van der Waals surface area (Å²) in [5.74, 6) is 0. The molecule has 0 atom stereocenters. The minimum atomic E-state index is -6.00. The van der Waals surface area contributed by atoms with Crippen molar-refractivity contribution >= 4 is 23.0 Å². The average Bonchev–Trinajstić information content (AvgIpc) is 2.87. The number of diazo groups is 1. The van der Waals surface area contributed by atoms with Crippen LogP contribution in [0.5, 0.6) is 0 Å². The summed E-state index contributed by atoms with van der Waals surface area (Å²) in [6.07, 6.45) is 19.5. The molecule has 0 aliphatic carbocycles. The molecule has 226 valence electrons. The Morgan fingerprint density at radius 1 is 0.744 bits per heavy atom. The van der Waals surface area contributed by atoms with Crippen molar-refractivity contribution in [1.82, 2.24) is 4.53 Å². The normalized spacial score (nSPS) is 11.8. The maximum atomic E-state index is 14.7. The predicted octanol–water partition coefficient (Wildman–Crippen LogP) is 10.6. The Labute approximate surface area is 232 Å². The van der Waals surface area contributed by atoms with Gasteiger partial charge in [-0.2, -0.15) is 0 Å².